The highest BCUT2D eigenvalue weighted by molar-refractivity contribution is 7.07. The van der Waals surface area contributed by atoms with Crippen molar-refractivity contribution in [2.75, 3.05) is 26.7 Å². The van der Waals surface area contributed by atoms with Gasteiger partial charge >= 0.3 is 0 Å². The number of para-hydroxylation sites is 1. The lowest BCUT2D eigenvalue weighted by Crippen LogP contribution is -2.30. The molecule has 1 amide bonds. The maximum atomic E-state index is 12.5. The van der Waals surface area contributed by atoms with E-state index >= 15 is 0 Å². The molecular weight excluding hydrogens is 468 g/mol. The molecule has 1 aliphatic rings. The summed E-state index contributed by atoms with van der Waals surface area (Å²) in [7, 11) is 1.63. The van der Waals surface area contributed by atoms with E-state index in [2.05, 4.69) is 50.9 Å². The highest BCUT2D eigenvalue weighted by atomic mass is 32.1. The van der Waals surface area contributed by atoms with Gasteiger partial charge in [0.15, 0.2) is 0 Å². The third-order valence-corrected chi connectivity index (χ3v) is 7.47. The fourth-order valence-corrected chi connectivity index (χ4v) is 5.61. The molecule has 7 heteroatoms. The highest BCUT2D eigenvalue weighted by Gasteiger charge is 2.22. The predicted octanol–water partition coefficient (Wildman–Crippen LogP) is 4.68. The van der Waals surface area contributed by atoms with Crippen LogP contribution in [0.1, 0.15) is 45.6 Å². The van der Waals surface area contributed by atoms with E-state index in [1.54, 1.807) is 18.4 Å². The van der Waals surface area contributed by atoms with Crippen molar-refractivity contribution in [2.45, 2.75) is 25.8 Å². The van der Waals surface area contributed by atoms with Crippen molar-refractivity contribution in [3.8, 4) is 0 Å². The summed E-state index contributed by atoms with van der Waals surface area (Å²) < 4.78 is 0. The minimum atomic E-state index is -0.138. The first-order valence-electron chi connectivity index (χ1n) is 12.3. The topological polar surface area (TPSA) is 78.4 Å². The zero-order chi connectivity index (χ0) is 24.9. The fourth-order valence-electron chi connectivity index (χ4n) is 5.06. The molecule has 1 aliphatic heterocycles. The van der Waals surface area contributed by atoms with Crippen molar-refractivity contribution in [3.63, 3.8) is 0 Å². The largest absolute Gasteiger partial charge is 0.396 e. The van der Waals surface area contributed by atoms with Gasteiger partial charge in [-0.15, -0.1) is 11.3 Å². The van der Waals surface area contributed by atoms with E-state index in [4.69, 9.17) is 4.98 Å². The van der Waals surface area contributed by atoms with Crippen molar-refractivity contribution < 1.29 is 9.90 Å². The molecule has 2 N–H and O–H groups in total. The normalized spacial score (nSPS) is 14.2. The van der Waals surface area contributed by atoms with Crippen LogP contribution in [0.3, 0.4) is 0 Å². The number of piperidine rings is 1. The van der Waals surface area contributed by atoms with E-state index in [0.717, 1.165) is 65.8 Å². The van der Waals surface area contributed by atoms with Gasteiger partial charge in [-0.05, 0) is 48.1 Å². The number of hydrogen-bond acceptors (Lipinski definition) is 6. The van der Waals surface area contributed by atoms with Crippen LogP contribution in [0.5, 0.6) is 0 Å². The van der Waals surface area contributed by atoms with E-state index < -0.39 is 0 Å². The summed E-state index contributed by atoms with van der Waals surface area (Å²) >= 11 is 1.64. The smallest absolute Gasteiger partial charge is 0.251 e. The number of benzene rings is 2. The van der Waals surface area contributed by atoms with Crippen molar-refractivity contribution >= 4 is 33.7 Å². The van der Waals surface area contributed by atoms with E-state index in [0.29, 0.717) is 12.0 Å². The molecule has 1 fully saturated rings. The Balaban J connectivity index is 1.59. The third kappa shape index (κ3) is 5.09. The molecule has 0 spiro atoms. The first kappa shape index (κ1) is 24.3. The summed E-state index contributed by atoms with van der Waals surface area (Å²) in [6.45, 7) is 2.80. The monoisotopic (exact) mass is 498 g/mol. The molecule has 0 atom stereocenters. The highest BCUT2D eigenvalue weighted by Crippen LogP contribution is 2.36. The molecule has 184 valence electrons. The average Bonchev–Trinajstić information content (AvgIpc) is 3.43. The Morgan fingerprint density at radius 2 is 1.92 bits per heavy atom. The van der Waals surface area contributed by atoms with Crippen molar-refractivity contribution in [1.29, 1.82) is 0 Å². The number of amides is 1. The number of likely N-dealkylation sites (tertiary alicyclic amines) is 1. The van der Waals surface area contributed by atoms with Crippen molar-refractivity contribution in [3.05, 3.63) is 99.1 Å². The first-order valence-corrected chi connectivity index (χ1v) is 13.2. The molecule has 4 aromatic rings. The summed E-state index contributed by atoms with van der Waals surface area (Å²) in [6, 6.07) is 16.4. The number of pyridine rings is 1. The lowest BCUT2D eigenvalue weighted by atomic mass is 9.85. The van der Waals surface area contributed by atoms with Crippen LogP contribution in [0.4, 0.5) is 0 Å². The molecule has 0 unspecified atom stereocenters. The first-order chi connectivity index (χ1) is 17.7. The lowest BCUT2D eigenvalue weighted by molar-refractivity contribution is 0.0962. The molecule has 0 radical (unpaired) electrons. The van der Waals surface area contributed by atoms with Crippen molar-refractivity contribution in [1.82, 2.24) is 20.2 Å². The Labute approximate surface area is 215 Å². The van der Waals surface area contributed by atoms with Crippen LogP contribution in [0.15, 0.2) is 71.2 Å². The van der Waals surface area contributed by atoms with Gasteiger partial charge in [0.2, 0.25) is 0 Å². The number of aliphatic hydroxyl groups excluding tert-OH is 1. The number of nitrogens with one attached hydrogen (secondary N) is 1. The van der Waals surface area contributed by atoms with Crippen LogP contribution in [-0.4, -0.2) is 52.6 Å². The average molecular weight is 499 g/mol. The van der Waals surface area contributed by atoms with Gasteiger partial charge in [-0.3, -0.25) is 14.7 Å². The summed E-state index contributed by atoms with van der Waals surface area (Å²) in [5, 5.41) is 15.6. The molecule has 6 nitrogen and oxygen atoms in total. The Kier molecular flexibility index (Phi) is 7.51. The van der Waals surface area contributed by atoms with Gasteiger partial charge in [0, 0.05) is 61.4 Å². The Morgan fingerprint density at radius 3 is 2.67 bits per heavy atom. The van der Waals surface area contributed by atoms with Crippen LogP contribution < -0.4 is 5.32 Å². The zero-order valence-corrected chi connectivity index (χ0v) is 21.2. The standard InChI is InChI=1S/C29H30N4O2S/c1-30-29(35)25-8-7-23(16-22(25)11-15-34)27(26-6-2-4-21-5-3-12-31-28(21)26)20-9-13-33(14-10-20)17-24-18-36-19-32-24/h2-8,12,16,18-19,34H,9-11,13-15,17H2,1H3,(H,30,35). The lowest BCUT2D eigenvalue weighted by Gasteiger charge is -2.30. The number of fused-ring (bicyclic) bond motifs is 1. The van der Waals surface area contributed by atoms with Gasteiger partial charge in [-0.1, -0.05) is 42.0 Å². The number of aliphatic hydroxyl groups is 1. The number of rotatable bonds is 7. The number of aromatic nitrogens is 2. The van der Waals surface area contributed by atoms with E-state index in [1.165, 1.54) is 11.1 Å². The van der Waals surface area contributed by atoms with Crippen LogP contribution in [0.25, 0.3) is 16.5 Å². The van der Waals surface area contributed by atoms with Crippen molar-refractivity contribution in [2.24, 2.45) is 0 Å². The molecule has 0 saturated carbocycles. The van der Waals surface area contributed by atoms with Crippen LogP contribution in [0.2, 0.25) is 0 Å². The Morgan fingerprint density at radius 1 is 1.08 bits per heavy atom. The predicted molar refractivity (Wildman–Crippen MR) is 145 cm³/mol. The van der Waals surface area contributed by atoms with Crippen LogP contribution in [-0.2, 0) is 13.0 Å². The summed E-state index contributed by atoms with van der Waals surface area (Å²) in [6.07, 6.45) is 4.18. The number of carbonyl (C=O) groups excluding carboxylic acids is 1. The molecule has 3 heterocycles. The van der Waals surface area contributed by atoms with Gasteiger partial charge in [0.1, 0.15) is 0 Å². The van der Waals surface area contributed by atoms with Gasteiger partial charge in [0.05, 0.1) is 16.7 Å². The number of carbonyl (C=O) groups is 1. The molecule has 5 rings (SSSR count). The van der Waals surface area contributed by atoms with Crippen LogP contribution in [0, 0.1) is 0 Å². The van der Waals surface area contributed by atoms with Gasteiger partial charge in [-0.2, -0.15) is 0 Å². The molecular formula is C29H30N4O2S. The second kappa shape index (κ2) is 11.1. The maximum Gasteiger partial charge on any atom is 0.251 e. The minimum Gasteiger partial charge on any atom is -0.396 e. The number of nitrogens with zero attached hydrogens (tertiary/aromatic N) is 3. The fraction of sp³-hybridized carbons (Fsp3) is 0.276. The number of hydrogen-bond donors (Lipinski definition) is 2. The summed E-state index contributed by atoms with van der Waals surface area (Å²) in [5.74, 6) is -0.138. The molecule has 36 heavy (non-hydrogen) atoms. The van der Waals surface area contributed by atoms with E-state index in [1.807, 2.05) is 29.9 Å². The zero-order valence-electron chi connectivity index (χ0n) is 20.4. The summed E-state index contributed by atoms with van der Waals surface area (Å²) in [4.78, 5) is 24.1. The second-order valence-corrected chi connectivity index (χ2v) is 9.76. The number of thiazole rings is 1. The minimum absolute atomic E-state index is 0.0131. The molecule has 2 aromatic carbocycles. The Bertz CT molecular complexity index is 1380. The third-order valence-electron chi connectivity index (χ3n) is 6.83. The molecule has 1 saturated heterocycles. The van der Waals surface area contributed by atoms with E-state index in [-0.39, 0.29) is 12.5 Å². The second-order valence-electron chi connectivity index (χ2n) is 9.04. The Hall–Kier alpha value is -3.39. The van der Waals surface area contributed by atoms with Crippen LogP contribution >= 0.6 is 11.3 Å². The maximum absolute atomic E-state index is 12.5. The summed E-state index contributed by atoms with van der Waals surface area (Å²) in [5.41, 5.74) is 10.2. The van der Waals surface area contributed by atoms with Gasteiger partial charge in [-0.25, -0.2) is 4.98 Å². The molecule has 2 aromatic heterocycles. The van der Waals surface area contributed by atoms with Gasteiger partial charge < -0.3 is 10.4 Å². The quantitative estimate of drug-likeness (QED) is 0.387. The SMILES string of the molecule is CNC(=O)c1ccc(C(=C2CCN(Cc3cscn3)CC2)c2cccc3cccnc23)cc1CCO. The van der Waals surface area contributed by atoms with Gasteiger partial charge in [0.25, 0.3) is 5.91 Å². The molecule has 0 bridgehead atoms. The molecule has 0 aliphatic carbocycles. The van der Waals surface area contributed by atoms with E-state index in [9.17, 15) is 9.90 Å².